The monoisotopic (exact) mass is 831 g/mol. The number of nitrogens with one attached hydrogen (secondary N) is 3. The van der Waals surface area contributed by atoms with Crippen LogP contribution in [0.5, 0.6) is 0 Å². The van der Waals surface area contributed by atoms with E-state index in [0.29, 0.717) is 53.0 Å². The van der Waals surface area contributed by atoms with E-state index >= 15 is 0 Å². The highest BCUT2D eigenvalue weighted by Crippen LogP contribution is 2.37. The molecule has 2 aromatic carbocycles. The van der Waals surface area contributed by atoms with Gasteiger partial charge in [-0.25, -0.2) is 14.6 Å². The first-order valence-electron chi connectivity index (χ1n) is 21.8. The van der Waals surface area contributed by atoms with Gasteiger partial charge in [0.1, 0.15) is 29.1 Å². The van der Waals surface area contributed by atoms with E-state index in [1.54, 1.807) is 18.3 Å². The van der Waals surface area contributed by atoms with Crippen molar-refractivity contribution in [2.45, 2.75) is 108 Å². The third-order valence-electron chi connectivity index (χ3n) is 13.7. The van der Waals surface area contributed by atoms with Crippen LogP contribution in [0.1, 0.15) is 101 Å². The number of allylic oxidation sites excluding steroid dienone is 1. The van der Waals surface area contributed by atoms with Crippen LogP contribution in [0.3, 0.4) is 0 Å². The summed E-state index contributed by atoms with van der Waals surface area (Å²) in [5.41, 5.74) is 5.02. The average molecular weight is 832 g/mol. The van der Waals surface area contributed by atoms with Gasteiger partial charge in [0.05, 0.1) is 49.0 Å². The zero-order chi connectivity index (χ0) is 42.2. The van der Waals surface area contributed by atoms with E-state index in [1.165, 1.54) is 14.2 Å². The maximum absolute atomic E-state index is 14.0. The highest BCUT2D eigenvalue weighted by atomic mass is 16.5. The van der Waals surface area contributed by atoms with E-state index in [9.17, 15) is 24.0 Å². The number of aliphatic imine (C=N–C) groups is 1. The molecule has 0 spiro atoms. The lowest BCUT2D eigenvalue weighted by Crippen LogP contribution is -2.54. The van der Waals surface area contributed by atoms with E-state index in [-0.39, 0.29) is 41.2 Å². The first-order chi connectivity index (χ1) is 29.7. The van der Waals surface area contributed by atoms with Crippen molar-refractivity contribution in [3.05, 3.63) is 70.4 Å². The summed E-state index contributed by atoms with van der Waals surface area (Å²) in [6.07, 6.45) is 13.9. The highest BCUT2D eigenvalue weighted by molar-refractivity contribution is 6.04. The Kier molecular flexibility index (Phi) is 11.4. The summed E-state index contributed by atoms with van der Waals surface area (Å²) in [6, 6.07) is 9.41. The number of nitrogens with zero attached hydrogens (tertiary/aromatic N) is 4. The van der Waals surface area contributed by atoms with Crippen LogP contribution in [-0.2, 0) is 19.1 Å². The van der Waals surface area contributed by atoms with Gasteiger partial charge in [0.25, 0.3) is 0 Å². The first kappa shape index (κ1) is 40.4. The number of rotatable bonds is 10. The molecule has 2 aliphatic carbocycles. The van der Waals surface area contributed by atoms with Crippen molar-refractivity contribution in [1.82, 2.24) is 30.4 Å². The molecule has 4 amide bonds. The molecule has 0 radical (unpaired) electrons. The van der Waals surface area contributed by atoms with Gasteiger partial charge in [0.2, 0.25) is 17.2 Å². The number of ether oxygens (including phenoxy) is 2. The van der Waals surface area contributed by atoms with E-state index < -0.39 is 24.3 Å². The number of methoxy groups -OCH3 is 2. The highest BCUT2D eigenvalue weighted by Gasteiger charge is 2.42. The van der Waals surface area contributed by atoms with Gasteiger partial charge in [-0.15, -0.1) is 0 Å². The third kappa shape index (κ3) is 7.90. The molecule has 2 saturated carbocycles. The number of likely N-dealkylation sites (tertiary alicyclic amines) is 2. The van der Waals surface area contributed by atoms with Gasteiger partial charge in [-0.1, -0.05) is 31.7 Å². The Morgan fingerprint density at radius 2 is 1.34 bits per heavy atom. The number of imidazole rings is 1. The minimum Gasteiger partial charge on any atom is -0.456 e. The smallest absolute Gasteiger partial charge is 0.407 e. The summed E-state index contributed by atoms with van der Waals surface area (Å²) in [5, 5.41) is 6.56. The summed E-state index contributed by atoms with van der Waals surface area (Å²) < 4.78 is 16.1. The Balaban J connectivity index is 0.900. The molecule has 4 atom stereocenters. The average Bonchev–Trinajstić information content (AvgIpc) is 4.13. The summed E-state index contributed by atoms with van der Waals surface area (Å²) in [7, 11) is 2.62. The Morgan fingerprint density at radius 3 is 1.98 bits per heavy atom. The van der Waals surface area contributed by atoms with E-state index in [4.69, 9.17) is 23.9 Å². The number of hydrogen-bond acceptors (Lipinski definition) is 10. The van der Waals surface area contributed by atoms with Crippen molar-refractivity contribution < 1.29 is 33.1 Å². The molecule has 15 nitrogen and oxygen atoms in total. The minimum atomic E-state index is -0.644. The van der Waals surface area contributed by atoms with Gasteiger partial charge in [0, 0.05) is 37.0 Å². The second-order valence-corrected chi connectivity index (χ2v) is 17.2. The lowest BCUT2D eigenvalue weighted by Gasteiger charge is -2.32. The molecular weight excluding hydrogens is 779 g/mol. The molecule has 2 saturated heterocycles. The van der Waals surface area contributed by atoms with Gasteiger partial charge in [-0.2, -0.15) is 0 Å². The fraction of sp³-hybridized carbons (Fsp3) is 0.500. The largest absolute Gasteiger partial charge is 0.456 e. The molecule has 4 fully saturated rings. The number of carbonyl (C=O) groups is 4. The van der Waals surface area contributed by atoms with Crippen molar-refractivity contribution in [1.29, 1.82) is 0 Å². The van der Waals surface area contributed by atoms with Crippen LogP contribution < -0.4 is 16.1 Å². The Morgan fingerprint density at radius 1 is 0.738 bits per heavy atom. The number of alkyl carbamates (subject to hydrolysis) is 2. The van der Waals surface area contributed by atoms with Crippen LogP contribution in [0.2, 0.25) is 0 Å². The molecule has 3 N–H and O–H groups in total. The molecule has 15 heteroatoms. The Labute approximate surface area is 353 Å². The van der Waals surface area contributed by atoms with E-state index in [0.717, 1.165) is 99.5 Å². The molecule has 320 valence electrons. The van der Waals surface area contributed by atoms with Crippen LogP contribution in [0.4, 0.5) is 9.59 Å². The number of amides is 4. The fourth-order valence-corrected chi connectivity index (χ4v) is 10.5. The molecular formula is C46H53N7O8. The second-order valence-electron chi connectivity index (χ2n) is 17.2. The van der Waals surface area contributed by atoms with Crippen molar-refractivity contribution >= 4 is 57.2 Å². The zero-order valence-corrected chi connectivity index (χ0v) is 34.7. The van der Waals surface area contributed by atoms with Gasteiger partial charge in [0.15, 0.2) is 0 Å². The number of fused-ring (bicyclic) bond motifs is 2. The number of aromatic nitrogens is 2. The first-order valence-corrected chi connectivity index (χ1v) is 21.8. The van der Waals surface area contributed by atoms with Gasteiger partial charge in [-0.3, -0.25) is 19.4 Å². The summed E-state index contributed by atoms with van der Waals surface area (Å²) >= 11 is 0. The van der Waals surface area contributed by atoms with Crippen molar-refractivity contribution in [3.63, 3.8) is 0 Å². The summed E-state index contributed by atoms with van der Waals surface area (Å²) in [4.78, 5) is 83.1. The topological polar surface area (TPSA) is 189 Å². The summed E-state index contributed by atoms with van der Waals surface area (Å²) in [6.45, 7) is 1.18. The molecule has 61 heavy (non-hydrogen) atoms. The molecule has 2 aromatic heterocycles. The lowest BCUT2D eigenvalue weighted by molar-refractivity contribution is -0.136. The number of H-pyrrole nitrogens is 1. The molecule has 0 bridgehead atoms. The molecule has 3 aliphatic heterocycles. The van der Waals surface area contributed by atoms with E-state index in [1.807, 2.05) is 40.3 Å². The van der Waals surface area contributed by atoms with Gasteiger partial charge in [-0.05, 0) is 105 Å². The van der Waals surface area contributed by atoms with Crippen LogP contribution >= 0.6 is 0 Å². The van der Waals surface area contributed by atoms with Crippen LogP contribution in [0.25, 0.3) is 38.8 Å². The van der Waals surface area contributed by atoms with Crippen molar-refractivity contribution in [3.8, 4) is 11.3 Å². The van der Waals surface area contributed by atoms with E-state index in [2.05, 4.69) is 15.6 Å². The number of carbonyl (C=O) groups excluding carboxylic acids is 4. The standard InChI is InChI=1S/C46H53N7O8/c1-59-45(57)50-39(26-9-3-4-10-26)43(55)52-19-7-13-35(52)33-22-30(24-47-33)28-15-17-31-38(23-28)61-37-18-16-29(21-32(37)41(31)54)34-25-48-42(49-34)36-14-8-20-53(36)44(56)40(51-46(58)60-2)27-11-5-6-12-27/h15-18,21,23-27,35-36,39-40H,3-14,19-20,22H2,1-2H3,(H,48,49)(H,50,57)(H,51,58)/t35-,36-,39-,40-/m0/s1. The van der Waals surface area contributed by atoms with Gasteiger partial charge < -0.3 is 39.3 Å². The summed E-state index contributed by atoms with van der Waals surface area (Å²) in [5.74, 6) is 0.634. The quantitative estimate of drug-likeness (QED) is 0.141. The van der Waals surface area contributed by atoms with Gasteiger partial charge >= 0.3 is 12.2 Å². The van der Waals surface area contributed by atoms with Crippen molar-refractivity contribution in [2.75, 3.05) is 27.3 Å². The predicted octanol–water partition coefficient (Wildman–Crippen LogP) is 7.01. The predicted molar refractivity (Wildman–Crippen MR) is 229 cm³/mol. The fourth-order valence-electron chi connectivity index (χ4n) is 10.5. The van der Waals surface area contributed by atoms with Crippen LogP contribution in [0.15, 0.2) is 63.0 Å². The maximum Gasteiger partial charge on any atom is 0.407 e. The third-order valence-corrected chi connectivity index (χ3v) is 13.7. The molecule has 5 heterocycles. The molecule has 9 rings (SSSR count). The lowest BCUT2D eigenvalue weighted by atomic mass is 9.95. The SMILES string of the molecule is COC(=O)N[C@H](C(=O)N1CCC[C@H]1C1=NC=C(c2ccc3c(=O)c4cc(-c5cnc([C@@H]6CCCN6C(=O)[C@@H](NC(=O)OC)C6CCCC6)[nH]5)ccc4oc3c2)C1)C1CCCC1. The van der Waals surface area contributed by atoms with Crippen LogP contribution in [-0.4, -0.2) is 94.9 Å². The van der Waals surface area contributed by atoms with Crippen LogP contribution in [0, 0.1) is 11.8 Å². The van der Waals surface area contributed by atoms with Crippen molar-refractivity contribution in [2.24, 2.45) is 16.8 Å². The zero-order valence-electron chi connectivity index (χ0n) is 34.7. The Hall–Kier alpha value is -5.99. The number of aromatic amines is 1. The Bertz CT molecular complexity index is 2480. The maximum atomic E-state index is 14.0. The number of hydrogen-bond donors (Lipinski definition) is 3. The normalized spacial score (nSPS) is 21.8. The molecule has 4 aromatic rings. The molecule has 5 aliphatic rings. The molecule has 0 unspecified atom stereocenters. The second kappa shape index (κ2) is 17.2. The number of benzene rings is 2. The minimum absolute atomic E-state index is 0.0688.